The van der Waals surface area contributed by atoms with Crippen LogP contribution < -0.4 is 4.90 Å². The van der Waals surface area contributed by atoms with Crippen LogP contribution in [-0.2, 0) is 4.79 Å². The van der Waals surface area contributed by atoms with Gasteiger partial charge >= 0.3 is 0 Å². The van der Waals surface area contributed by atoms with Gasteiger partial charge < -0.3 is 14.9 Å². The van der Waals surface area contributed by atoms with Gasteiger partial charge in [0, 0.05) is 25.7 Å². The van der Waals surface area contributed by atoms with E-state index in [9.17, 15) is 14.3 Å². The lowest BCUT2D eigenvalue weighted by atomic mass is 9.92. The van der Waals surface area contributed by atoms with Crippen molar-refractivity contribution in [3.63, 3.8) is 0 Å². The van der Waals surface area contributed by atoms with E-state index in [2.05, 4.69) is 4.98 Å². The molecule has 1 aliphatic rings. The van der Waals surface area contributed by atoms with E-state index in [-0.39, 0.29) is 18.6 Å². The third kappa shape index (κ3) is 3.32. The summed E-state index contributed by atoms with van der Waals surface area (Å²) in [5.41, 5.74) is -0.765. The van der Waals surface area contributed by atoms with E-state index < -0.39 is 11.4 Å². The molecule has 2 heterocycles. The predicted octanol–water partition coefficient (Wildman–Crippen LogP) is 1.28. The number of carbonyl (C=O) groups is 1. The first-order chi connectivity index (χ1) is 9.85. The second-order valence-electron chi connectivity index (χ2n) is 6.15. The van der Waals surface area contributed by atoms with Gasteiger partial charge in [-0.1, -0.05) is 6.07 Å². The first kappa shape index (κ1) is 15.7. The summed E-state index contributed by atoms with van der Waals surface area (Å²) in [6, 6.07) is 4.77. The number of amides is 1. The number of halogens is 1. The highest BCUT2D eigenvalue weighted by Gasteiger charge is 2.35. The molecule has 1 aliphatic heterocycles. The maximum Gasteiger partial charge on any atom is 0.230 e. The van der Waals surface area contributed by atoms with Crippen molar-refractivity contribution in [2.75, 3.05) is 31.1 Å². The van der Waals surface area contributed by atoms with Crippen LogP contribution in [0.2, 0.25) is 0 Å². The summed E-state index contributed by atoms with van der Waals surface area (Å²) in [7, 11) is 0. The standard InChI is InChI=1S/C15H22FN3O2/c1-11-9-18(14(21)15(2,3)10-20)7-8-19(11)13-6-4-5-12(16)17-13/h4-6,11,20H,7-10H2,1-3H3. The van der Waals surface area contributed by atoms with Crippen molar-refractivity contribution in [2.24, 2.45) is 5.41 Å². The Labute approximate surface area is 124 Å². The second kappa shape index (κ2) is 5.97. The SMILES string of the molecule is CC1CN(C(=O)C(C)(C)CO)CCN1c1cccc(F)n1. The zero-order valence-corrected chi connectivity index (χ0v) is 12.7. The highest BCUT2D eigenvalue weighted by molar-refractivity contribution is 5.82. The molecule has 116 valence electrons. The Morgan fingerprint density at radius 3 is 2.76 bits per heavy atom. The number of aromatic nitrogens is 1. The van der Waals surface area contributed by atoms with Crippen molar-refractivity contribution >= 4 is 11.7 Å². The van der Waals surface area contributed by atoms with Gasteiger partial charge in [0.2, 0.25) is 11.9 Å². The number of aliphatic hydroxyl groups excluding tert-OH is 1. The van der Waals surface area contributed by atoms with Crippen LogP contribution in [-0.4, -0.2) is 53.2 Å². The van der Waals surface area contributed by atoms with Crippen molar-refractivity contribution in [3.05, 3.63) is 24.1 Å². The van der Waals surface area contributed by atoms with E-state index in [1.165, 1.54) is 6.07 Å². The van der Waals surface area contributed by atoms with Gasteiger partial charge in [-0.25, -0.2) is 4.98 Å². The smallest absolute Gasteiger partial charge is 0.230 e. The molecule has 1 amide bonds. The Bertz CT molecular complexity index is 521. The molecule has 1 N–H and O–H groups in total. The molecular weight excluding hydrogens is 273 g/mol. The molecule has 0 aromatic carbocycles. The number of rotatable bonds is 3. The van der Waals surface area contributed by atoms with Crippen molar-refractivity contribution in [1.29, 1.82) is 0 Å². The molecule has 0 radical (unpaired) electrons. The van der Waals surface area contributed by atoms with Gasteiger partial charge in [0.15, 0.2) is 0 Å². The second-order valence-corrected chi connectivity index (χ2v) is 6.15. The number of nitrogens with zero attached hydrogens (tertiary/aromatic N) is 3. The van der Waals surface area contributed by atoms with Gasteiger partial charge in [-0.15, -0.1) is 0 Å². The zero-order valence-electron chi connectivity index (χ0n) is 12.7. The summed E-state index contributed by atoms with van der Waals surface area (Å²) in [5.74, 6) is 0.0411. The molecule has 1 saturated heterocycles. The Hall–Kier alpha value is -1.69. The number of hydrogen-bond donors (Lipinski definition) is 1. The Balaban J connectivity index is 2.07. The normalized spacial score (nSPS) is 19.8. The average Bonchev–Trinajstić information content (AvgIpc) is 2.46. The first-order valence-electron chi connectivity index (χ1n) is 7.14. The van der Waals surface area contributed by atoms with Crippen molar-refractivity contribution < 1.29 is 14.3 Å². The maximum absolute atomic E-state index is 13.2. The molecule has 0 bridgehead atoms. The molecule has 1 aromatic heterocycles. The van der Waals surface area contributed by atoms with E-state index in [1.807, 2.05) is 11.8 Å². The van der Waals surface area contributed by atoms with E-state index in [0.717, 1.165) is 0 Å². The largest absolute Gasteiger partial charge is 0.395 e. The summed E-state index contributed by atoms with van der Waals surface area (Å²) in [6.07, 6.45) is 0. The fourth-order valence-corrected chi connectivity index (χ4v) is 2.54. The van der Waals surface area contributed by atoms with E-state index in [4.69, 9.17) is 0 Å². The number of pyridine rings is 1. The number of anilines is 1. The molecule has 0 aliphatic carbocycles. The number of hydrogen-bond acceptors (Lipinski definition) is 4. The van der Waals surface area contributed by atoms with Gasteiger partial charge in [0.1, 0.15) is 5.82 Å². The fourth-order valence-electron chi connectivity index (χ4n) is 2.54. The molecule has 0 spiro atoms. The minimum Gasteiger partial charge on any atom is -0.395 e. The molecule has 1 atom stereocenters. The summed E-state index contributed by atoms with van der Waals surface area (Å²) in [6.45, 7) is 6.97. The zero-order chi connectivity index (χ0) is 15.6. The summed E-state index contributed by atoms with van der Waals surface area (Å²) >= 11 is 0. The van der Waals surface area contributed by atoms with Crippen LogP contribution in [0, 0.1) is 11.4 Å². The quantitative estimate of drug-likeness (QED) is 0.853. The monoisotopic (exact) mass is 295 g/mol. The lowest BCUT2D eigenvalue weighted by Crippen LogP contribution is -2.56. The summed E-state index contributed by atoms with van der Waals surface area (Å²) in [4.78, 5) is 20.0. The van der Waals surface area contributed by atoms with Crippen LogP contribution in [0.3, 0.4) is 0 Å². The van der Waals surface area contributed by atoms with E-state index in [0.29, 0.717) is 25.5 Å². The van der Waals surface area contributed by atoms with Gasteiger partial charge in [-0.05, 0) is 32.9 Å². The molecule has 21 heavy (non-hydrogen) atoms. The average molecular weight is 295 g/mol. The number of piperazine rings is 1. The lowest BCUT2D eigenvalue weighted by Gasteiger charge is -2.42. The van der Waals surface area contributed by atoms with E-state index >= 15 is 0 Å². The molecule has 1 unspecified atom stereocenters. The molecular formula is C15H22FN3O2. The van der Waals surface area contributed by atoms with Crippen molar-refractivity contribution in [2.45, 2.75) is 26.8 Å². The highest BCUT2D eigenvalue weighted by Crippen LogP contribution is 2.23. The molecule has 6 heteroatoms. The van der Waals surface area contributed by atoms with Crippen molar-refractivity contribution in [3.8, 4) is 0 Å². The Morgan fingerprint density at radius 2 is 2.19 bits per heavy atom. The minimum atomic E-state index is -0.765. The number of aliphatic hydroxyl groups is 1. The molecule has 1 fully saturated rings. The molecule has 1 aromatic rings. The molecule has 5 nitrogen and oxygen atoms in total. The van der Waals surface area contributed by atoms with Crippen LogP contribution >= 0.6 is 0 Å². The summed E-state index contributed by atoms with van der Waals surface area (Å²) in [5, 5.41) is 9.31. The van der Waals surface area contributed by atoms with Gasteiger partial charge in [0.05, 0.1) is 12.0 Å². The van der Waals surface area contributed by atoms with Gasteiger partial charge in [-0.2, -0.15) is 4.39 Å². The van der Waals surface area contributed by atoms with Crippen molar-refractivity contribution in [1.82, 2.24) is 9.88 Å². The molecule has 2 rings (SSSR count). The third-order valence-corrected chi connectivity index (χ3v) is 3.88. The third-order valence-electron chi connectivity index (χ3n) is 3.88. The lowest BCUT2D eigenvalue weighted by molar-refractivity contribution is -0.143. The van der Waals surface area contributed by atoms with Crippen LogP contribution in [0.4, 0.5) is 10.2 Å². The van der Waals surface area contributed by atoms with Crippen LogP contribution in [0.15, 0.2) is 18.2 Å². The minimum absolute atomic E-state index is 0.0477. The van der Waals surface area contributed by atoms with E-state index in [1.54, 1.807) is 30.9 Å². The maximum atomic E-state index is 13.2. The topological polar surface area (TPSA) is 56.7 Å². The first-order valence-corrected chi connectivity index (χ1v) is 7.14. The fraction of sp³-hybridized carbons (Fsp3) is 0.600. The van der Waals surface area contributed by atoms with Crippen LogP contribution in [0.1, 0.15) is 20.8 Å². The van der Waals surface area contributed by atoms with Gasteiger partial charge in [-0.3, -0.25) is 4.79 Å². The summed E-state index contributed by atoms with van der Waals surface area (Å²) < 4.78 is 13.2. The highest BCUT2D eigenvalue weighted by atomic mass is 19.1. The predicted molar refractivity (Wildman–Crippen MR) is 78.4 cm³/mol. The van der Waals surface area contributed by atoms with Gasteiger partial charge in [0.25, 0.3) is 0 Å². The van der Waals surface area contributed by atoms with Crippen LogP contribution in [0.5, 0.6) is 0 Å². The Morgan fingerprint density at radius 1 is 1.48 bits per heavy atom. The molecule has 0 saturated carbocycles. The number of carbonyl (C=O) groups excluding carboxylic acids is 1. The Kier molecular flexibility index (Phi) is 4.46. The van der Waals surface area contributed by atoms with Crippen LogP contribution in [0.25, 0.3) is 0 Å².